The summed E-state index contributed by atoms with van der Waals surface area (Å²) in [7, 11) is 0. The maximum Gasteiger partial charge on any atom is 0.352 e. The molecule has 17 nitrogen and oxygen atoms in total. The molecule has 2 atom stereocenters. The van der Waals surface area contributed by atoms with E-state index in [4.69, 9.17) is 22.2 Å². The number of carbonyl (C=O) groups is 5. The number of carbonyl (C=O) groups excluding carboxylic acids is 3. The van der Waals surface area contributed by atoms with E-state index in [9.17, 15) is 44.4 Å². The number of hydrogen-bond donors (Lipinski definition) is 7. The van der Waals surface area contributed by atoms with Crippen molar-refractivity contribution >= 4 is 75.2 Å². The van der Waals surface area contributed by atoms with Crippen molar-refractivity contribution in [2.24, 2.45) is 5.16 Å². The summed E-state index contributed by atoms with van der Waals surface area (Å²) in [5.74, 6) is -5.40. The van der Waals surface area contributed by atoms with Crippen LogP contribution in [0.2, 0.25) is 5.02 Å². The van der Waals surface area contributed by atoms with Gasteiger partial charge in [-0.1, -0.05) is 16.8 Å². The highest BCUT2D eigenvalue weighted by Crippen LogP contribution is 2.41. The predicted molar refractivity (Wildman–Crippen MR) is 182 cm³/mol. The molecular formula is C30H35ClN7O10S2+. The number of aromatic hydroxyl groups is 2. The lowest BCUT2D eigenvalue weighted by molar-refractivity contribution is -0.911. The first-order valence-corrected chi connectivity index (χ1v) is 17.6. The molecule has 0 radical (unpaired) electrons. The van der Waals surface area contributed by atoms with Crippen molar-refractivity contribution in [1.82, 2.24) is 20.5 Å². The first-order chi connectivity index (χ1) is 23.5. The van der Waals surface area contributed by atoms with Gasteiger partial charge in [0.15, 0.2) is 22.3 Å². The summed E-state index contributed by atoms with van der Waals surface area (Å²) < 4.78 is 0.470. The molecule has 3 aliphatic rings. The Hall–Kier alpha value is -4.59. The molecule has 8 N–H and O–H groups in total. The number of oxime groups is 1. The third-order valence-corrected chi connectivity index (χ3v) is 10.9. The Balaban J connectivity index is 1.29. The van der Waals surface area contributed by atoms with Crippen molar-refractivity contribution < 1.29 is 53.7 Å². The third kappa shape index (κ3) is 7.44. The number of hydrogen-bond acceptors (Lipinski definition) is 13. The number of nitrogen functional groups attached to an aromatic ring is 1. The largest absolute Gasteiger partial charge is 0.504 e. The number of benzene rings is 1. The lowest BCUT2D eigenvalue weighted by atomic mass is 10.0. The summed E-state index contributed by atoms with van der Waals surface area (Å²) in [5.41, 5.74) is 3.89. The maximum atomic E-state index is 13.5. The van der Waals surface area contributed by atoms with Crippen molar-refractivity contribution in [2.45, 2.75) is 43.7 Å². The molecule has 2 fully saturated rings. The second-order valence-electron chi connectivity index (χ2n) is 12.5. The number of carboxylic acid groups (broad SMARTS) is 2. The Morgan fingerprint density at radius 3 is 2.48 bits per heavy atom. The molecule has 5 rings (SSSR count). The number of nitrogens with one attached hydrogen (secondary N) is 2. The fourth-order valence-electron chi connectivity index (χ4n) is 5.91. The fourth-order valence-corrected chi connectivity index (χ4v) is 8.04. The van der Waals surface area contributed by atoms with Gasteiger partial charge in [-0.15, -0.1) is 23.1 Å². The minimum atomic E-state index is -1.79. The number of thiazole rings is 1. The number of amides is 3. The molecule has 1 aromatic carbocycles. The van der Waals surface area contributed by atoms with E-state index in [1.165, 1.54) is 31.0 Å². The van der Waals surface area contributed by atoms with Crippen LogP contribution >= 0.6 is 34.7 Å². The number of nitrogens with two attached hydrogens (primary N) is 1. The maximum absolute atomic E-state index is 13.5. The number of thioether (sulfide) groups is 1. The van der Waals surface area contributed by atoms with E-state index in [0.29, 0.717) is 23.1 Å². The molecule has 2 saturated heterocycles. The number of phenolic OH excluding ortho intramolecular Hbond substituents is 2. The van der Waals surface area contributed by atoms with E-state index in [-0.39, 0.29) is 39.4 Å². The zero-order chi connectivity index (χ0) is 36.5. The van der Waals surface area contributed by atoms with Crippen LogP contribution in [0.15, 0.2) is 33.9 Å². The molecule has 0 aliphatic carbocycles. The summed E-state index contributed by atoms with van der Waals surface area (Å²) in [5, 5.41) is 48.9. The Labute approximate surface area is 298 Å². The van der Waals surface area contributed by atoms with Crippen molar-refractivity contribution in [2.75, 3.05) is 44.2 Å². The van der Waals surface area contributed by atoms with Crippen molar-refractivity contribution in [3.05, 3.63) is 45.1 Å². The first kappa shape index (κ1) is 36.7. The van der Waals surface area contributed by atoms with Crippen LogP contribution in [0.4, 0.5) is 5.13 Å². The zero-order valence-corrected chi connectivity index (χ0v) is 29.2. The van der Waals surface area contributed by atoms with Crippen molar-refractivity contribution in [3.8, 4) is 11.5 Å². The van der Waals surface area contributed by atoms with Gasteiger partial charge in [0.05, 0.1) is 36.8 Å². The summed E-state index contributed by atoms with van der Waals surface area (Å²) in [6, 6.07) is 1.03. The van der Waals surface area contributed by atoms with Crippen LogP contribution < -0.4 is 16.4 Å². The molecular weight excluding hydrogens is 718 g/mol. The van der Waals surface area contributed by atoms with Gasteiger partial charge in [0.1, 0.15) is 29.4 Å². The Kier molecular flexibility index (Phi) is 10.5. The van der Waals surface area contributed by atoms with Crippen LogP contribution in [0.1, 0.15) is 42.7 Å². The van der Waals surface area contributed by atoms with Crippen molar-refractivity contribution in [3.63, 3.8) is 0 Å². The number of aromatic nitrogens is 1. The van der Waals surface area contributed by atoms with Crippen LogP contribution in [0.3, 0.4) is 0 Å². The zero-order valence-electron chi connectivity index (χ0n) is 26.8. The number of fused-ring (bicyclic) bond motifs is 1. The number of β-lactam (4-membered cyclic amide) rings is 1. The van der Waals surface area contributed by atoms with E-state index in [1.807, 2.05) is 0 Å². The number of carboxylic acids is 2. The van der Waals surface area contributed by atoms with Gasteiger partial charge in [-0.3, -0.25) is 19.3 Å². The lowest BCUT2D eigenvalue weighted by Crippen LogP contribution is -2.71. The quantitative estimate of drug-likeness (QED) is 0.0499. The number of aliphatic carboxylic acids is 2. The number of anilines is 1. The van der Waals surface area contributed by atoms with E-state index >= 15 is 0 Å². The van der Waals surface area contributed by atoms with Gasteiger partial charge in [-0.05, 0) is 19.9 Å². The van der Waals surface area contributed by atoms with Gasteiger partial charge >= 0.3 is 11.9 Å². The van der Waals surface area contributed by atoms with Crippen LogP contribution in [-0.2, 0) is 24.0 Å². The molecule has 0 unspecified atom stereocenters. The Morgan fingerprint density at radius 2 is 1.86 bits per heavy atom. The van der Waals surface area contributed by atoms with Gasteiger partial charge in [0, 0.05) is 35.6 Å². The predicted octanol–water partition coefficient (Wildman–Crippen LogP) is 1.15. The molecule has 3 aliphatic heterocycles. The second-order valence-corrected chi connectivity index (χ2v) is 14.9. The molecule has 0 saturated carbocycles. The van der Waals surface area contributed by atoms with Gasteiger partial charge in [-0.2, -0.15) is 0 Å². The molecule has 1 aromatic heterocycles. The second kappa shape index (κ2) is 14.3. The smallest absolute Gasteiger partial charge is 0.352 e. The number of rotatable bonds is 13. The highest BCUT2D eigenvalue weighted by molar-refractivity contribution is 8.00. The molecule has 3 amide bonds. The van der Waals surface area contributed by atoms with E-state index in [0.717, 1.165) is 54.3 Å². The third-order valence-electron chi connectivity index (χ3n) is 8.62. The summed E-state index contributed by atoms with van der Waals surface area (Å²) in [6.45, 7) is 4.89. The van der Waals surface area contributed by atoms with E-state index < -0.39 is 63.9 Å². The normalized spacial score (nSPS) is 20.2. The SMILES string of the molecule is CC(C)(O/N=C(\C(=O)N[C@@H]1C(=O)N2C(C(=O)O)=C(C[N+]3(CCNC(=O)c4cc(O)c(O)cc4Cl)CCCC3)CS[C@H]12)c1csc(N)n1)C(=O)O. The lowest BCUT2D eigenvalue weighted by Gasteiger charge is -2.50. The number of phenols is 2. The fraction of sp³-hybridized carbons (Fsp3) is 0.433. The number of halogens is 1. The Bertz CT molecular complexity index is 1810. The highest BCUT2D eigenvalue weighted by Gasteiger charge is 2.55. The van der Waals surface area contributed by atoms with Gasteiger partial charge in [0.25, 0.3) is 17.7 Å². The minimum Gasteiger partial charge on any atom is -0.504 e. The number of likely N-dealkylation sites (tertiary alicyclic amines) is 1. The summed E-state index contributed by atoms with van der Waals surface area (Å²) in [6.07, 6.45) is 1.77. The summed E-state index contributed by atoms with van der Waals surface area (Å²) >= 11 is 8.38. The standard InChI is InChI=1S/C30H34ClN7O10S2/c1-30(2,28(46)47)48-36-20(17-13-50-29(32)34-17)24(42)35-21-25(43)37-22(27(44)45)14(12-49-26(21)37)11-38(6-3-4-7-38)8-5-33-23(41)15-9-18(39)19(40)10-16(15)31/h9-10,13,21,26H,3-8,11-12H2,1-2H3,(H7-,32,33,34,35,36,39,40,41,42,44,45,46,47)/p+1/t21-,26-/m1/s1. The van der Waals surface area contributed by atoms with Gasteiger partial charge in [0.2, 0.25) is 5.60 Å². The Morgan fingerprint density at radius 1 is 1.18 bits per heavy atom. The number of nitrogens with zero attached hydrogens (tertiary/aromatic N) is 4. The van der Waals surface area contributed by atoms with E-state index in [2.05, 4.69) is 20.8 Å². The molecule has 0 bridgehead atoms. The summed E-state index contributed by atoms with van der Waals surface area (Å²) in [4.78, 5) is 74.1. The molecule has 20 heteroatoms. The van der Waals surface area contributed by atoms with Crippen LogP contribution in [0, 0.1) is 0 Å². The molecule has 4 heterocycles. The monoisotopic (exact) mass is 752 g/mol. The molecule has 0 spiro atoms. The number of quaternary nitrogens is 1. The van der Waals surface area contributed by atoms with Crippen LogP contribution in [0.5, 0.6) is 11.5 Å². The molecule has 50 heavy (non-hydrogen) atoms. The van der Waals surface area contributed by atoms with Gasteiger partial charge in [-0.25, -0.2) is 14.6 Å². The van der Waals surface area contributed by atoms with Crippen molar-refractivity contribution in [1.29, 1.82) is 0 Å². The van der Waals surface area contributed by atoms with Gasteiger partial charge < -0.3 is 46.1 Å². The average Bonchev–Trinajstić information content (AvgIpc) is 3.70. The highest BCUT2D eigenvalue weighted by atomic mass is 35.5. The average molecular weight is 753 g/mol. The molecule has 268 valence electrons. The molecule has 2 aromatic rings. The minimum absolute atomic E-state index is 0.000322. The van der Waals surface area contributed by atoms with Crippen LogP contribution in [0.25, 0.3) is 0 Å². The van der Waals surface area contributed by atoms with Crippen LogP contribution in [-0.4, -0.2) is 126 Å². The van der Waals surface area contributed by atoms with E-state index in [1.54, 1.807) is 0 Å². The first-order valence-electron chi connectivity index (χ1n) is 15.3. The topological polar surface area (TPSA) is 254 Å².